The number of amides is 2. The van der Waals surface area contributed by atoms with Crippen molar-refractivity contribution in [1.29, 1.82) is 0 Å². The zero-order chi connectivity index (χ0) is 15.1. The standard InChI is InChI=1S/C15H21N3O3/c19-14(20)11-18(13-3-1-2-4-13)15(21)17-10-7-12-5-8-16-9-6-12/h5-6,8-9,13H,1-4,7,10-11H2,(H,17,21)(H,19,20). The predicted molar refractivity (Wildman–Crippen MR) is 77.9 cm³/mol. The lowest BCUT2D eigenvalue weighted by Crippen LogP contribution is -2.48. The Bertz CT molecular complexity index is 472. The average molecular weight is 291 g/mol. The Hall–Kier alpha value is -2.11. The van der Waals surface area contributed by atoms with E-state index in [0.29, 0.717) is 13.0 Å². The van der Waals surface area contributed by atoms with Crippen LogP contribution in [0.2, 0.25) is 0 Å². The highest BCUT2D eigenvalue weighted by Gasteiger charge is 2.28. The van der Waals surface area contributed by atoms with Crippen molar-refractivity contribution in [3.63, 3.8) is 0 Å². The van der Waals surface area contributed by atoms with Crippen molar-refractivity contribution in [3.05, 3.63) is 30.1 Å². The molecule has 114 valence electrons. The maximum atomic E-state index is 12.2. The summed E-state index contributed by atoms with van der Waals surface area (Å²) in [6.45, 7) is 0.261. The first-order valence-electron chi connectivity index (χ1n) is 7.32. The third-order valence-corrected chi connectivity index (χ3v) is 3.77. The predicted octanol–water partition coefficient (Wildman–Crippen LogP) is 1.66. The Labute approximate surface area is 124 Å². The molecule has 0 radical (unpaired) electrons. The number of pyridine rings is 1. The summed E-state index contributed by atoms with van der Waals surface area (Å²) in [5.74, 6) is -0.966. The second-order valence-corrected chi connectivity index (χ2v) is 5.30. The van der Waals surface area contributed by atoms with Gasteiger partial charge in [-0.1, -0.05) is 12.8 Å². The third kappa shape index (κ3) is 4.73. The number of carboxylic acids is 1. The SMILES string of the molecule is O=C(O)CN(C(=O)NCCc1ccncc1)C1CCCC1. The van der Waals surface area contributed by atoms with Gasteiger partial charge in [0.15, 0.2) is 0 Å². The molecular formula is C15H21N3O3. The van der Waals surface area contributed by atoms with E-state index in [4.69, 9.17) is 5.11 Å². The van der Waals surface area contributed by atoms with E-state index < -0.39 is 5.97 Å². The average Bonchev–Trinajstić information content (AvgIpc) is 2.99. The number of nitrogens with zero attached hydrogens (tertiary/aromatic N) is 2. The van der Waals surface area contributed by atoms with Gasteiger partial charge in [0, 0.05) is 25.0 Å². The van der Waals surface area contributed by atoms with Crippen LogP contribution >= 0.6 is 0 Å². The van der Waals surface area contributed by atoms with Crippen LogP contribution in [0.1, 0.15) is 31.2 Å². The third-order valence-electron chi connectivity index (χ3n) is 3.77. The van der Waals surface area contributed by atoms with Gasteiger partial charge in [0.05, 0.1) is 0 Å². The highest BCUT2D eigenvalue weighted by Crippen LogP contribution is 2.23. The molecule has 0 unspecified atom stereocenters. The van der Waals surface area contributed by atoms with Crippen LogP contribution in [-0.4, -0.2) is 46.1 Å². The van der Waals surface area contributed by atoms with Crippen LogP contribution in [0.25, 0.3) is 0 Å². The summed E-state index contributed by atoms with van der Waals surface area (Å²) < 4.78 is 0. The van der Waals surface area contributed by atoms with Crippen molar-refractivity contribution in [2.24, 2.45) is 0 Å². The minimum absolute atomic E-state index is 0.0574. The van der Waals surface area contributed by atoms with Gasteiger partial charge in [-0.15, -0.1) is 0 Å². The Morgan fingerprint density at radius 1 is 1.29 bits per heavy atom. The van der Waals surface area contributed by atoms with E-state index in [2.05, 4.69) is 10.3 Å². The molecule has 1 aliphatic rings. The highest BCUT2D eigenvalue weighted by atomic mass is 16.4. The number of carboxylic acid groups (broad SMARTS) is 1. The Balaban J connectivity index is 1.84. The van der Waals surface area contributed by atoms with Gasteiger partial charge >= 0.3 is 12.0 Å². The van der Waals surface area contributed by atoms with E-state index in [1.807, 2.05) is 12.1 Å². The first-order valence-corrected chi connectivity index (χ1v) is 7.32. The number of hydrogen-bond donors (Lipinski definition) is 2. The summed E-state index contributed by atoms with van der Waals surface area (Å²) in [7, 11) is 0. The normalized spacial score (nSPS) is 14.9. The van der Waals surface area contributed by atoms with Gasteiger partial charge in [-0.25, -0.2) is 4.79 Å². The fourth-order valence-electron chi connectivity index (χ4n) is 2.69. The molecule has 0 aliphatic heterocycles. The van der Waals surface area contributed by atoms with Crippen molar-refractivity contribution >= 4 is 12.0 Å². The molecule has 0 atom stereocenters. The topological polar surface area (TPSA) is 82.5 Å². The number of carbonyl (C=O) groups is 2. The summed E-state index contributed by atoms with van der Waals surface area (Å²) in [6, 6.07) is 3.58. The summed E-state index contributed by atoms with van der Waals surface area (Å²) in [5.41, 5.74) is 1.09. The van der Waals surface area contributed by atoms with Crippen LogP contribution in [0.15, 0.2) is 24.5 Å². The first kappa shape index (κ1) is 15.3. The summed E-state index contributed by atoms with van der Waals surface area (Å²) >= 11 is 0. The molecule has 0 bridgehead atoms. The van der Waals surface area contributed by atoms with E-state index in [1.165, 1.54) is 4.90 Å². The van der Waals surface area contributed by atoms with Crippen LogP contribution in [0, 0.1) is 0 Å². The van der Waals surface area contributed by atoms with Crippen molar-refractivity contribution in [3.8, 4) is 0 Å². The fraction of sp³-hybridized carbons (Fsp3) is 0.533. The number of aromatic nitrogens is 1. The number of nitrogens with one attached hydrogen (secondary N) is 1. The zero-order valence-corrected chi connectivity index (χ0v) is 12.0. The largest absolute Gasteiger partial charge is 0.480 e. The molecule has 2 amide bonds. The molecular weight excluding hydrogens is 270 g/mol. The second kappa shape index (κ2) is 7.61. The summed E-state index contributed by atoms with van der Waals surface area (Å²) in [5, 5.41) is 11.8. The van der Waals surface area contributed by atoms with Gasteiger partial charge in [0.2, 0.25) is 0 Å². The van der Waals surface area contributed by atoms with E-state index in [9.17, 15) is 9.59 Å². The molecule has 1 aliphatic carbocycles. The number of rotatable bonds is 6. The van der Waals surface area contributed by atoms with E-state index in [1.54, 1.807) is 12.4 Å². The van der Waals surface area contributed by atoms with Gasteiger partial charge < -0.3 is 15.3 Å². The van der Waals surface area contributed by atoms with Gasteiger partial charge in [0.1, 0.15) is 6.54 Å². The summed E-state index contributed by atoms with van der Waals surface area (Å²) in [6.07, 6.45) is 8.05. The number of hydrogen-bond acceptors (Lipinski definition) is 3. The molecule has 1 fully saturated rings. The minimum Gasteiger partial charge on any atom is -0.480 e. The zero-order valence-electron chi connectivity index (χ0n) is 12.0. The van der Waals surface area contributed by atoms with Crippen LogP contribution in [0.4, 0.5) is 4.79 Å². The number of urea groups is 1. The second-order valence-electron chi connectivity index (χ2n) is 5.30. The Kier molecular flexibility index (Phi) is 5.54. The van der Waals surface area contributed by atoms with Gasteiger partial charge in [0.25, 0.3) is 0 Å². The van der Waals surface area contributed by atoms with Gasteiger partial charge in [-0.3, -0.25) is 9.78 Å². The van der Waals surface area contributed by atoms with Crippen molar-refractivity contribution in [2.75, 3.05) is 13.1 Å². The molecule has 0 saturated heterocycles. The lowest BCUT2D eigenvalue weighted by molar-refractivity contribution is -0.138. The molecule has 1 heterocycles. The maximum absolute atomic E-state index is 12.2. The molecule has 0 aromatic carbocycles. The maximum Gasteiger partial charge on any atom is 0.323 e. The fourth-order valence-corrected chi connectivity index (χ4v) is 2.69. The first-order chi connectivity index (χ1) is 10.2. The van der Waals surface area contributed by atoms with Gasteiger partial charge in [-0.2, -0.15) is 0 Å². The number of carbonyl (C=O) groups excluding carboxylic acids is 1. The lowest BCUT2D eigenvalue weighted by atomic mass is 10.2. The van der Waals surface area contributed by atoms with Crippen LogP contribution in [-0.2, 0) is 11.2 Å². The molecule has 1 aromatic heterocycles. The molecule has 6 heteroatoms. The minimum atomic E-state index is -0.966. The van der Waals surface area contributed by atoms with Crippen LogP contribution in [0.3, 0.4) is 0 Å². The van der Waals surface area contributed by atoms with Crippen LogP contribution in [0.5, 0.6) is 0 Å². The smallest absolute Gasteiger partial charge is 0.323 e. The van der Waals surface area contributed by atoms with E-state index >= 15 is 0 Å². The number of aliphatic carboxylic acids is 1. The Morgan fingerprint density at radius 3 is 2.57 bits per heavy atom. The molecule has 1 aromatic rings. The molecule has 2 N–H and O–H groups in total. The van der Waals surface area contributed by atoms with E-state index in [0.717, 1.165) is 31.2 Å². The monoisotopic (exact) mass is 291 g/mol. The van der Waals surface area contributed by atoms with Crippen molar-refractivity contribution in [1.82, 2.24) is 15.2 Å². The van der Waals surface area contributed by atoms with Crippen molar-refractivity contribution in [2.45, 2.75) is 38.1 Å². The Morgan fingerprint density at radius 2 is 1.95 bits per heavy atom. The molecule has 6 nitrogen and oxygen atoms in total. The molecule has 21 heavy (non-hydrogen) atoms. The molecule has 1 saturated carbocycles. The van der Waals surface area contributed by atoms with Crippen LogP contribution < -0.4 is 5.32 Å². The summed E-state index contributed by atoms with van der Waals surface area (Å²) in [4.78, 5) is 28.5. The molecule has 2 rings (SSSR count). The quantitative estimate of drug-likeness (QED) is 0.835. The highest BCUT2D eigenvalue weighted by molar-refractivity contribution is 5.80. The lowest BCUT2D eigenvalue weighted by Gasteiger charge is -2.27. The van der Waals surface area contributed by atoms with Gasteiger partial charge in [-0.05, 0) is 37.0 Å². The molecule has 0 spiro atoms. The van der Waals surface area contributed by atoms with E-state index in [-0.39, 0.29) is 18.6 Å². The van der Waals surface area contributed by atoms with Crippen molar-refractivity contribution < 1.29 is 14.7 Å².